The van der Waals surface area contributed by atoms with E-state index in [9.17, 15) is 4.79 Å². The topological polar surface area (TPSA) is 52.3 Å². The zero-order chi connectivity index (χ0) is 9.19. The van der Waals surface area contributed by atoms with Crippen LogP contribution in [-0.4, -0.2) is 18.6 Å². The summed E-state index contributed by atoms with van der Waals surface area (Å²) in [6.07, 6.45) is 3.60. The first kappa shape index (κ1) is 9.52. The molecule has 3 nitrogen and oxygen atoms in total. The first-order valence-electron chi connectivity index (χ1n) is 4.42. The van der Waals surface area contributed by atoms with Crippen molar-refractivity contribution in [2.45, 2.75) is 38.1 Å². The molecule has 12 heavy (non-hydrogen) atoms. The minimum Gasteiger partial charge on any atom is -0.469 e. The molecule has 0 unspecified atom stereocenters. The van der Waals surface area contributed by atoms with Crippen LogP contribution >= 0.6 is 0 Å². The quantitative estimate of drug-likeness (QED) is 0.600. The van der Waals surface area contributed by atoms with Gasteiger partial charge in [0.05, 0.1) is 13.0 Å². The Balaban J connectivity index is 2.41. The van der Waals surface area contributed by atoms with Crippen LogP contribution in [0.5, 0.6) is 0 Å². The summed E-state index contributed by atoms with van der Waals surface area (Å²) in [6.45, 7) is 2.04. The Morgan fingerprint density at radius 2 is 2.00 bits per heavy atom. The van der Waals surface area contributed by atoms with Crippen LogP contribution in [0.4, 0.5) is 0 Å². The fourth-order valence-electron chi connectivity index (χ4n) is 1.68. The van der Waals surface area contributed by atoms with Crippen LogP contribution in [0.2, 0.25) is 0 Å². The molecular weight excluding hydrogens is 154 g/mol. The molecule has 1 aliphatic carbocycles. The van der Waals surface area contributed by atoms with E-state index in [0.29, 0.717) is 0 Å². The molecule has 70 valence electrons. The van der Waals surface area contributed by atoms with Gasteiger partial charge in [0.15, 0.2) is 0 Å². The second-order valence-electron chi connectivity index (χ2n) is 3.95. The standard InChI is InChI=1S/C9H17NO2/c1-9(10)5-3-7(4-6-9)8(11)12-2/h7H,3-6,10H2,1-2H3. The van der Waals surface area contributed by atoms with Crippen molar-refractivity contribution in [2.24, 2.45) is 11.7 Å². The number of rotatable bonds is 1. The van der Waals surface area contributed by atoms with Crippen LogP contribution in [0.1, 0.15) is 32.6 Å². The van der Waals surface area contributed by atoms with Crippen molar-refractivity contribution < 1.29 is 9.53 Å². The van der Waals surface area contributed by atoms with Crippen molar-refractivity contribution in [1.29, 1.82) is 0 Å². The van der Waals surface area contributed by atoms with E-state index < -0.39 is 0 Å². The summed E-state index contributed by atoms with van der Waals surface area (Å²) in [6, 6.07) is 0. The number of ether oxygens (including phenoxy) is 1. The lowest BCUT2D eigenvalue weighted by atomic mass is 9.78. The van der Waals surface area contributed by atoms with Gasteiger partial charge in [-0.05, 0) is 32.6 Å². The Bertz CT molecular complexity index is 167. The second kappa shape index (κ2) is 3.44. The first-order valence-corrected chi connectivity index (χ1v) is 4.42. The molecule has 0 amide bonds. The third kappa shape index (κ3) is 2.21. The normalized spacial score (nSPS) is 36.1. The zero-order valence-corrected chi connectivity index (χ0v) is 7.80. The average Bonchev–Trinajstić information content (AvgIpc) is 2.03. The molecule has 0 aromatic rings. The van der Waals surface area contributed by atoms with Crippen LogP contribution in [-0.2, 0) is 9.53 Å². The van der Waals surface area contributed by atoms with Crippen molar-refractivity contribution in [3.05, 3.63) is 0 Å². The molecule has 0 spiro atoms. The van der Waals surface area contributed by atoms with E-state index in [1.807, 2.05) is 6.92 Å². The van der Waals surface area contributed by atoms with Gasteiger partial charge < -0.3 is 10.5 Å². The Labute approximate surface area is 73.3 Å². The molecule has 0 radical (unpaired) electrons. The molecule has 1 aliphatic rings. The average molecular weight is 171 g/mol. The van der Waals surface area contributed by atoms with Crippen LogP contribution in [0, 0.1) is 5.92 Å². The number of esters is 1. The number of hydrogen-bond donors (Lipinski definition) is 1. The number of nitrogens with two attached hydrogens (primary N) is 1. The predicted molar refractivity (Wildman–Crippen MR) is 46.6 cm³/mol. The summed E-state index contributed by atoms with van der Waals surface area (Å²) in [4.78, 5) is 11.1. The monoisotopic (exact) mass is 171 g/mol. The number of methoxy groups -OCH3 is 1. The Morgan fingerprint density at radius 1 is 1.50 bits per heavy atom. The molecule has 2 N–H and O–H groups in total. The number of carbonyl (C=O) groups is 1. The fourth-order valence-corrected chi connectivity index (χ4v) is 1.68. The van der Waals surface area contributed by atoms with E-state index in [2.05, 4.69) is 4.74 Å². The molecule has 1 fully saturated rings. The van der Waals surface area contributed by atoms with Gasteiger partial charge >= 0.3 is 5.97 Å². The van der Waals surface area contributed by atoms with Gasteiger partial charge in [0.25, 0.3) is 0 Å². The summed E-state index contributed by atoms with van der Waals surface area (Å²) < 4.78 is 4.68. The molecule has 3 heteroatoms. The predicted octanol–water partition coefficient (Wildman–Crippen LogP) is 1.07. The first-order chi connectivity index (χ1) is 5.55. The highest BCUT2D eigenvalue weighted by atomic mass is 16.5. The molecule has 1 saturated carbocycles. The van der Waals surface area contributed by atoms with Crippen LogP contribution < -0.4 is 5.73 Å². The van der Waals surface area contributed by atoms with E-state index in [1.54, 1.807) is 0 Å². The molecule has 0 atom stereocenters. The molecular formula is C9H17NO2. The largest absolute Gasteiger partial charge is 0.469 e. The fraction of sp³-hybridized carbons (Fsp3) is 0.889. The van der Waals surface area contributed by atoms with Crippen LogP contribution in [0.3, 0.4) is 0 Å². The molecule has 0 aromatic carbocycles. The zero-order valence-electron chi connectivity index (χ0n) is 7.80. The summed E-state index contributed by atoms with van der Waals surface area (Å²) in [5, 5.41) is 0. The summed E-state index contributed by atoms with van der Waals surface area (Å²) in [7, 11) is 1.44. The van der Waals surface area contributed by atoms with Crippen molar-refractivity contribution in [3.63, 3.8) is 0 Å². The molecule has 0 aliphatic heterocycles. The van der Waals surface area contributed by atoms with Gasteiger partial charge in [0.2, 0.25) is 0 Å². The van der Waals surface area contributed by atoms with Crippen molar-refractivity contribution in [2.75, 3.05) is 7.11 Å². The maximum absolute atomic E-state index is 11.1. The van der Waals surface area contributed by atoms with Crippen molar-refractivity contribution >= 4 is 5.97 Å². The minimum absolute atomic E-state index is 0.0650. The van der Waals surface area contributed by atoms with E-state index in [0.717, 1.165) is 25.7 Å². The van der Waals surface area contributed by atoms with E-state index in [-0.39, 0.29) is 17.4 Å². The second-order valence-corrected chi connectivity index (χ2v) is 3.95. The molecule has 1 rings (SSSR count). The highest BCUT2D eigenvalue weighted by Crippen LogP contribution is 2.30. The third-order valence-electron chi connectivity index (χ3n) is 2.66. The van der Waals surface area contributed by atoms with Crippen molar-refractivity contribution in [1.82, 2.24) is 0 Å². The lowest BCUT2D eigenvalue weighted by molar-refractivity contribution is -0.146. The molecule has 0 aromatic heterocycles. The summed E-state index contributed by atoms with van der Waals surface area (Å²) in [5.74, 6) is 0.0112. The summed E-state index contributed by atoms with van der Waals surface area (Å²) >= 11 is 0. The van der Waals surface area contributed by atoms with Gasteiger partial charge in [-0.3, -0.25) is 4.79 Å². The van der Waals surface area contributed by atoms with Gasteiger partial charge in [0, 0.05) is 5.54 Å². The molecule has 0 bridgehead atoms. The highest BCUT2D eigenvalue weighted by molar-refractivity contribution is 5.72. The lowest BCUT2D eigenvalue weighted by Crippen LogP contribution is -2.41. The van der Waals surface area contributed by atoms with Gasteiger partial charge in [0.1, 0.15) is 0 Å². The smallest absolute Gasteiger partial charge is 0.308 e. The Hall–Kier alpha value is -0.570. The SMILES string of the molecule is COC(=O)C1CCC(C)(N)CC1. The minimum atomic E-state index is -0.0782. The van der Waals surface area contributed by atoms with Crippen LogP contribution in [0.15, 0.2) is 0 Å². The highest BCUT2D eigenvalue weighted by Gasteiger charge is 2.31. The van der Waals surface area contributed by atoms with E-state index in [1.165, 1.54) is 7.11 Å². The Morgan fingerprint density at radius 3 is 2.42 bits per heavy atom. The maximum atomic E-state index is 11.1. The van der Waals surface area contributed by atoms with Gasteiger partial charge in [-0.2, -0.15) is 0 Å². The maximum Gasteiger partial charge on any atom is 0.308 e. The lowest BCUT2D eigenvalue weighted by Gasteiger charge is -2.32. The number of hydrogen-bond acceptors (Lipinski definition) is 3. The van der Waals surface area contributed by atoms with Crippen LogP contribution in [0.25, 0.3) is 0 Å². The van der Waals surface area contributed by atoms with E-state index in [4.69, 9.17) is 5.73 Å². The summed E-state index contributed by atoms with van der Waals surface area (Å²) in [5.41, 5.74) is 5.86. The van der Waals surface area contributed by atoms with Gasteiger partial charge in [-0.15, -0.1) is 0 Å². The van der Waals surface area contributed by atoms with Crippen molar-refractivity contribution in [3.8, 4) is 0 Å². The Kier molecular flexibility index (Phi) is 2.73. The van der Waals surface area contributed by atoms with Gasteiger partial charge in [-0.25, -0.2) is 0 Å². The number of carbonyl (C=O) groups excluding carboxylic acids is 1. The van der Waals surface area contributed by atoms with Gasteiger partial charge in [-0.1, -0.05) is 0 Å². The molecule has 0 saturated heterocycles. The third-order valence-corrected chi connectivity index (χ3v) is 2.66. The van der Waals surface area contributed by atoms with E-state index >= 15 is 0 Å². The molecule has 0 heterocycles.